The molecule has 166 valence electrons. The van der Waals surface area contributed by atoms with Crippen LogP contribution in [0.1, 0.15) is 43.1 Å². The molecule has 8 heteroatoms. The highest BCUT2D eigenvalue weighted by atomic mass is 16.2. The van der Waals surface area contributed by atoms with Crippen molar-refractivity contribution in [2.75, 3.05) is 31.6 Å². The van der Waals surface area contributed by atoms with Crippen LogP contribution in [0.25, 0.3) is 16.6 Å². The van der Waals surface area contributed by atoms with Gasteiger partial charge >= 0.3 is 0 Å². The lowest BCUT2D eigenvalue weighted by Crippen LogP contribution is -2.23. The van der Waals surface area contributed by atoms with Crippen molar-refractivity contribution in [3.05, 3.63) is 47.3 Å². The molecular formula is C24H28N6O2. The number of amides is 2. The lowest BCUT2D eigenvalue weighted by molar-refractivity contribution is -0.128. The Hall–Kier alpha value is -3.42. The molecule has 2 N–H and O–H groups in total. The van der Waals surface area contributed by atoms with Gasteiger partial charge in [0, 0.05) is 38.9 Å². The fourth-order valence-electron chi connectivity index (χ4n) is 4.94. The summed E-state index contributed by atoms with van der Waals surface area (Å²) in [6.45, 7) is 4.80. The molecule has 2 aromatic heterocycles. The summed E-state index contributed by atoms with van der Waals surface area (Å²) in [4.78, 5) is 33.2. The van der Waals surface area contributed by atoms with Crippen LogP contribution in [0.2, 0.25) is 0 Å². The van der Waals surface area contributed by atoms with Crippen molar-refractivity contribution < 1.29 is 9.59 Å². The number of primary amides is 1. The number of aromatic nitrogens is 3. The molecule has 2 aromatic rings. The maximum absolute atomic E-state index is 12.5. The zero-order valence-corrected chi connectivity index (χ0v) is 18.5. The first-order valence-corrected chi connectivity index (χ1v) is 11.2. The summed E-state index contributed by atoms with van der Waals surface area (Å²) in [5.74, 6) is 0.428. The third-order valence-corrected chi connectivity index (χ3v) is 6.86. The van der Waals surface area contributed by atoms with E-state index in [0.717, 1.165) is 73.5 Å². The Bertz CT molecular complexity index is 1200. The Morgan fingerprint density at radius 2 is 2.00 bits per heavy atom. The number of anilines is 1. The van der Waals surface area contributed by atoms with E-state index in [1.54, 1.807) is 15.8 Å². The third kappa shape index (κ3) is 3.39. The minimum absolute atomic E-state index is 0.0690. The molecule has 5 rings (SSSR count). The van der Waals surface area contributed by atoms with Gasteiger partial charge in [-0.05, 0) is 50.3 Å². The molecule has 2 fully saturated rings. The van der Waals surface area contributed by atoms with Crippen LogP contribution < -0.4 is 10.6 Å². The van der Waals surface area contributed by atoms with Crippen LogP contribution in [-0.4, -0.2) is 58.2 Å². The molecule has 2 aliphatic heterocycles. The Kier molecular flexibility index (Phi) is 5.07. The summed E-state index contributed by atoms with van der Waals surface area (Å²) >= 11 is 0. The summed E-state index contributed by atoms with van der Waals surface area (Å²) in [5.41, 5.74) is 9.72. The molecule has 4 heterocycles. The quantitative estimate of drug-likeness (QED) is 0.801. The van der Waals surface area contributed by atoms with E-state index in [-0.39, 0.29) is 17.5 Å². The molecule has 2 amide bonds. The molecule has 1 atom stereocenters. The first-order chi connectivity index (χ1) is 15.4. The molecular weight excluding hydrogens is 404 g/mol. The molecule has 1 unspecified atom stereocenters. The highest BCUT2D eigenvalue weighted by Crippen LogP contribution is 2.33. The fraction of sp³-hybridized carbons (Fsp3) is 0.417. The van der Waals surface area contributed by atoms with Crippen LogP contribution in [0.15, 0.2) is 41.6 Å². The lowest BCUT2D eigenvalue weighted by Gasteiger charge is -2.18. The number of pyridine rings is 1. The SMILES string of the molecule is CC(=C1C=C(n2nc(C(N)=O)c3cnc(N4CCCC4)cc32)C=CC1)C1CCN(C)C1=O. The zero-order chi connectivity index (χ0) is 22.4. The molecule has 0 bridgehead atoms. The van der Waals surface area contributed by atoms with Gasteiger partial charge in [-0.2, -0.15) is 5.10 Å². The predicted molar refractivity (Wildman–Crippen MR) is 124 cm³/mol. The van der Waals surface area contributed by atoms with Gasteiger partial charge in [0.05, 0.1) is 22.5 Å². The third-order valence-electron chi connectivity index (χ3n) is 6.86. The van der Waals surface area contributed by atoms with Crippen molar-refractivity contribution in [1.82, 2.24) is 19.7 Å². The van der Waals surface area contributed by atoms with Crippen molar-refractivity contribution in [3.8, 4) is 0 Å². The second-order valence-corrected chi connectivity index (χ2v) is 8.86. The Labute approximate surface area is 187 Å². The number of allylic oxidation sites excluding steroid dienone is 5. The molecule has 1 aliphatic carbocycles. The maximum Gasteiger partial charge on any atom is 0.269 e. The average molecular weight is 433 g/mol. The molecule has 0 aromatic carbocycles. The number of likely N-dealkylation sites (tertiary alicyclic amines) is 1. The molecule has 8 nitrogen and oxygen atoms in total. The minimum atomic E-state index is -0.573. The molecule has 2 saturated heterocycles. The van der Waals surface area contributed by atoms with E-state index in [1.165, 1.54) is 0 Å². The molecule has 32 heavy (non-hydrogen) atoms. The van der Waals surface area contributed by atoms with E-state index in [0.29, 0.717) is 5.39 Å². The number of hydrogen-bond donors (Lipinski definition) is 1. The summed E-state index contributed by atoms with van der Waals surface area (Å²) < 4.78 is 1.78. The average Bonchev–Trinajstić information content (AvgIpc) is 3.53. The maximum atomic E-state index is 12.5. The molecule has 0 spiro atoms. The standard InChI is InChI=1S/C24H28N6O2/c1-15(18-8-11-28(2)24(18)32)16-6-5-7-17(12-16)30-20-13-21(29-9-3-4-10-29)26-14-19(20)22(27-30)23(25)31/h5,7,12-14,18H,3-4,6,8-11H2,1-2H3,(H2,25,31). The number of carbonyl (C=O) groups excluding carboxylic acids is 2. The number of carbonyl (C=O) groups is 2. The van der Waals surface area contributed by atoms with Gasteiger partial charge in [-0.25, -0.2) is 9.67 Å². The van der Waals surface area contributed by atoms with Crippen LogP contribution in [0, 0.1) is 5.92 Å². The van der Waals surface area contributed by atoms with Gasteiger partial charge in [0.15, 0.2) is 5.69 Å². The monoisotopic (exact) mass is 432 g/mol. The van der Waals surface area contributed by atoms with Crippen molar-refractivity contribution in [3.63, 3.8) is 0 Å². The first-order valence-electron chi connectivity index (χ1n) is 11.2. The smallest absolute Gasteiger partial charge is 0.269 e. The van der Waals surface area contributed by atoms with E-state index in [4.69, 9.17) is 5.73 Å². The second kappa shape index (κ2) is 7.93. The molecule has 0 radical (unpaired) electrons. The van der Waals surface area contributed by atoms with Gasteiger partial charge < -0.3 is 15.5 Å². The highest BCUT2D eigenvalue weighted by Gasteiger charge is 2.31. The largest absolute Gasteiger partial charge is 0.364 e. The first kappa shape index (κ1) is 20.5. The summed E-state index contributed by atoms with van der Waals surface area (Å²) in [7, 11) is 1.86. The summed E-state index contributed by atoms with van der Waals surface area (Å²) in [5, 5.41) is 5.21. The predicted octanol–water partition coefficient (Wildman–Crippen LogP) is 2.73. The van der Waals surface area contributed by atoms with Crippen LogP contribution in [0.5, 0.6) is 0 Å². The van der Waals surface area contributed by atoms with Crippen molar-refractivity contribution in [2.45, 2.75) is 32.6 Å². The lowest BCUT2D eigenvalue weighted by atomic mass is 9.90. The number of nitrogens with zero attached hydrogens (tertiary/aromatic N) is 5. The summed E-state index contributed by atoms with van der Waals surface area (Å²) in [6.07, 6.45) is 11.8. The van der Waals surface area contributed by atoms with E-state index in [2.05, 4.69) is 34.1 Å². The number of rotatable bonds is 4. The van der Waals surface area contributed by atoms with E-state index < -0.39 is 5.91 Å². The van der Waals surface area contributed by atoms with Gasteiger partial charge in [-0.3, -0.25) is 9.59 Å². The van der Waals surface area contributed by atoms with Crippen molar-refractivity contribution >= 4 is 34.2 Å². The van der Waals surface area contributed by atoms with Gasteiger partial charge in [-0.1, -0.05) is 11.6 Å². The normalized spacial score (nSPS) is 22.8. The van der Waals surface area contributed by atoms with Gasteiger partial charge in [0.2, 0.25) is 5.91 Å². The minimum Gasteiger partial charge on any atom is -0.364 e. The van der Waals surface area contributed by atoms with E-state index in [1.807, 2.05) is 19.2 Å². The highest BCUT2D eigenvalue weighted by molar-refractivity contribution is 6.05. The van der Waals surface area contributed by atoms with Crippen LogP contribution in [0.4, 0.5) is 5.82 Å². The van der Waals surface area contributed by atoms with Gasteiger partial charge in [0.1, 0.15) is 5.82 Å². The van der Waals surface area contributed by atoms with Crippen LogP contribution >= 0.6 is 0 Å². The number of hydrogen-bond acceptors (Lipinski definition) is 5. The van der Waals surface area contributed by atoms with Crippen LogP contribution in [0.3, 0.4) is 0 Å². The Balaban J connectivity index is 1.60. The van der Waals surface area contributed by atoms with Crippen LogP contribution in [-0.2, 0) is 4.79 Å². The fourth-order valence-corrected chi connectivity index (χ4v) is 4.94. The van der Waals surface area contributed by atoms with Gasteiger partial charge in [0.25, 0.3) is 5.91 Å². The molecule has 0 saturated carbocycles. The Morgan fingerprint density at radius 3 is 2.69 bits per heavy atom. The van der Waals surface area contributed by atoms with Gasteiger partial charge in [-0.15, -0.1) is 0 Å². The van der Waals surface area contributed by atoms with Crippen molar-refractivity contribution in [2.24, 2.45) is 11.7 Å². The Morgan fingerprint density at radius 1 is 1.22 bits per heavy atom. The van der Waals surface area contributed by atoms with Crippen molar-refractivity contribution in [1.29, 1.82) is 0 Å². The number of nitrogens with two attached hydrogens (primary N) is 1. The number of fused-ring (bicyclic) bond motifs is 1. The topological polar surface area (TPSA) is 97.3 Å². The summed E-state index contributed by atoms with van der Waals surface area (Å²) in [6, 6.07) is 2.00. The molecule has 3 aliphatic rings. The van der Waals surface area contributed by atoms with E-state index in [9.17, 15) is 9.59 Å². The van der Waals surface area contributed by atoms with E-state index >= 15 is 0 Å². The zero-order valence-electron chi connectivity index (χ0n) is 18.5. The second-order valence-electron chi connectivity index (χ2n) is 8.86.